The van der Waals surface area contributed by atoms with Gasteiger partial charge in [-0.15, -0.1) is 11.8 Å². The van der Waals surface area contributed by atoms with Crippen molar-refractivity contribution in [2.75, 3.05) is 5.75 Å². The molecule has 0 unspecified atom stereocenters. The molecule has 0 saturated heterocycles. The van der Waals surface area contributed by atoms with Crippen molar-refractivity contribution in [2.45, 2.75) is 11.8 Å². The summed E-state index contributed by atoms with van der Waals surface area (Å²) in [6.07, 6.45) is 1.77. The fourth-order valence-corrected chi connectivity index (χ4v) is 2.22. The van der Waals surface area contributed by atoms with Crippen molar-refractivity contribution in [1.82, 2.24) is 9.78 Å². The number of rotatable bonds is 4. The molecule has 0 radical (unpaired) electrons. The molecule has 0 aliphatic rings. The molecule has 2 aromatic rings. The monoisotopic (exact) mass is 246 g/mol. The van der Waals surface area contributed by atoms with Gasteiger partial charge in [0.05, 0.1) is 0 Å². The number of carbonyl (C=O) groups excluding carboxylic acids is 1. The minimum atomic E-state index is -0.0290. The van der Waals surface area contributed by atoms with Crippen LogP contribution in [0.4, 0.5) is 0 Å². The molecular weight excluding hydrogens is 232 g/mol. The summed E-state index contributed by atoms with van der Waals surface area (Å²) in [4.78, 5) is 13.2. The number of aryl methyl sites for hydroxylation is 1. The van der Waals surface area contributed by atoms with E-state index in [4.69, 9.17) is 0 Å². The van der Waals surface area contributed by atoms with E-state index in [0.717, 1.165) is 5.75 Å². The third-order valence-electron chi connectivity index (χ3n) is 2.37. The lowest BCUT2D eigenvalue weighted by atomic mass is 10.1. The molecule has 1 heterocycles. The van der Waals surface area contributed by atoms with E-state index in [-0.39, 0.29) is 5.78 Å². The van der Waals surface area contributed by atoms with Crippen molar-refractivity contribution >= 4 is 17.5 Å². The summed E-state index contributed by atoms with van der Waals surface area (Å²) in [5.74, 6) is 1.01. The van der Waals surface area contributed by atoms with Crippen molar-refractivity contribution in [3.63, 3.8) is 0 Å². The summed E-state index contributed by atoms with van der Waals surface area (Å²) in [7, 11) is 1.80. The van der Waals surface area contributed by atoms with Crippen LogP contribution in [-0.4, -0.2) is 21.3 Å². The third-order valence-corrected chi connectivity index (χ3v) is 3.27. The topological polar surface area (TPSA) is 34.9 Å². The SMILES string of the molecule is CCSc1ccc(C(=O)c2ccn(C)n2)cc1. The van der Waals surface area contributed by atoms with E-state index in [0.29, 0.717) is 11.3 Å². The molecule has 0 aliphatic carbocycles. The zero-order valence-corrected chi connectivity index (χ0v) is 10.7. The second kappa shape index (κ2) is 5.19. The maximum atomic E-state index is 12.0. The van der Waals surface area contributed by atoms with Crippen LogP contribution in [0.1, 0.15) is 23.0 Å². The molecule has 1 aromatic heterocycles. The number of ketones is 1. The van der Waals surface area contributed by atoms with Crippen molar-refractivity contribution in [3.05, 3.63) is 47.8 Å². The van der Waals surface area contributed by atoms with Gasteiger partial charge in [-0.1, -0.05) is 6.92 Å². The smallest absolute Gasteiger partial charge is 0.213 e. The number of hydrogen-bond donors (Lipinski definition) is 0. The summed E-state index contributed by atoms with van der Waals surface area (Å²) in [6.45, 7) is 2.11. The van der Waals surface area contributed by atoms with Crippen LogP contribution in [0.3, 0.4) is 0 Å². The molecule has 0 saturated carbocycles. The summed E-state index contributed by atoms with van der Waals surface area (Å²) in [5.41, 5.74) is 1.17. The first kappa shape index (κ1) is 11.9. The Bertz CT molecular complexity index is 516. The zero-order valence-electron chi connectivity index (χ0n) is 9.88. The zero-order chi connectivity index (χ0) is 12.3. The van der Waals surface area contributed by atoms with Gasteiger partial charge in [-0.3, -0.25) is 9.48 Å². The Labute approximate surface area is 105 Å². The predicted molar refractivity (Wildman–Crippen MR) is 69.5 cm³/mol. The summed E-state index contributed by atoms with van der Waals surface area (Å²) >= 11 is 1.76. The summed E-state index contributed by atoms with van der Waals surface area (Å²) < 4.78 is 1.63. The van der Waals surface area contributed by atoms with Gasteiger partial charge in [0.2, 0.25) is 5.78 Å². The van der Waals surface area contributed by atoms with Gasteiger partial charge in [-0.2, -0.15) is 5.10 Å². The van der Waals surface area contributed by atoms with Gasteiger partial charge in [-0.25, -0.2) is 0 Å². The fraction of sp³-hybridized carbons (Fsp3) is 0.231. The van der Waals surface area contributed by atoms with Gasteiger partial charge < -0.3 is 0 Å². The number of aromatic nitrogens is 2. The van der Waals surface area contributed by atoms with Crippen LogP contribution >= 0.6 is 11.8 Å². The number of benzene rings is 1. The van der Waals surface area contributed by atoms with Crippen LogP contribution in [0.15, 0.2) is 41.4 Å². The van der Waals surface area contributed by atoms with E-state index in [1.54, 1.807) is 35.8 Å². The Balaban J connectivity index is 2.20. The normalized spacial score (nSPS) is 10.5. The van der Waals surface area contributed by atoms with Crippen LogP contribution in [-0.2, 0) is 7.05 Å². The Morgan fingerprint density at radius 3 is 2.53 bits per heavy atom. The lowest BCUT2D eigenvalue weighted by Crippen LogP contribution is -2.03. The maximum absolute atomic E-state index is 12.0. The molecular formula is C13H14N2OS. The largest absolute Gasteiger partial charge is 0.287 e. The van der Waals surface area contributed by atoms with E-state index in [1.165, 1.54) is 4.90 Å². The Hall–Kier alpha value is -1.55. The molecule has 1 aromatic carbocycles. The van der Waals surface area contributed by atoms with Crippen LogP contribution < -0.4 is 0 Å². The minimum absolute atomic E-state index is 0.0290. The first-order chi connectivity index (χ1) is 8.20. The molecule has 17 heavy (non-hydrogen) atoms. The first-order valence-electron chi connectivity index (χ1n) is 5.48. The maximum Gasteiger partial charge on any atom is 0.213 e. The average Bonchev–Trinajstić information content (AvgIpc) is 2.76. The lowest BCUT2D eigenvalue weighted by Gasteiger charge is -2.00. The number of thioether (sulfide) groups is 1. The molecule has 0 atom stereocenters. The van der Waals surface area contributed by atoms with Gasteiger partial charge in [0.15, 0.2) is 0 Å². The summed E-state index contributed by atoms with van der Waals surface area (Å²) in [5, 5.41) is 4.11. The number of carbonyl (C=O) groups is 1. The van der Waals surface area contributed by atoms with Gasteiger partial charge >= 0.3 is 0 Å². The van der Waals surface area contributed by atoms with Crippen molar-refractivity contribution in [2.24, 2.45) is 7.05 Å². The van der Waals surface area contributed by atoms with Crippen molar-refractivity contribution in [1.29, 1.82) is 0 Å². The van der Waals surface area contributed by atoms with E-state index in [2.05, 4.69) is 12.0 Å². The van der Waals surface area contributed by atoms with Crippen LogP contribution in [0.25, 0.3) is 0 Å². The van der Waals surface area contributed by atoms with E-state index < -0.39 is 0 Å². The standard InChI is InChI=1S/C13H14N2OS/c1-3-17-11-6-4-10(5-7-11)13(16)12-8-9-15(2)14-12/h4-9H,3H2,1-2H3. The van der Waals surface area contributed by atoms with Gasteiger partial charge in [0.1, 0.15) is 5.69 Å². The van der Waals surface area contributed by atoms with Crippen LogP contribution in [0.5, 0.6) is 0 Å². The molecule has 0 N–H and O–H groups in total. The highest BCUT2D eigenvalue weighted by Crippen LogP contribution is 2.18. The molecule has 0 spiro atoms. The summed E-state index contributed by atoms with van der Waals surface area (Å²) in [6, 6.07) is 9.40. The molecule has 3 nitrogen and oxygen atoms in total. The molecule has 0 aliphatic heterocycles. The van der Waals surface area contributed by atoms with Crippen molar-refractivity contribution in [3.8, 4) is 0 Å². The first-order valence-corrected chi connectivity index (χ1v) is 6.46. The van der Waals surface area contributed by atoms with Crippen LogP contribution in [0.2, 0.25) is 0 Å². The Morgan fingerprint density at radius 2 is 2.00 bits per heavy atom. The Kier molecular flexibility index (Phi) is 3.64. The van der Waals surface area contributed by atoms with Gasteiger partial charge in [0, 0.05) is 23.7 Å². The second-order valence-electron chi connectivity index (χ2n) is 3.66. The molecule has 0 fully saturated rings. The van der Waals surface area contributed by atoms with E-state index in [1.807, 2.05) is 24.3 Å². The highest BCUT2D eigenvalue weighted by molar-refractivity contribution is 7.99. The highest BCUT2D eigenvalue weighted by atomic mass is 32.2. The second-order valence-corrected chi connectivity index (χ2v) is 5.00. The molecule has 0 bridgehead atoms. The predicted octanol–water partition coefficient (Wildman–Crippen LogP) is 2.76. The van der Waals surface area contributed by atoms with Gasteiger partial charge in [-0.05, 0) is 36.1 Å². The van der Waals surface area contributed by atoms with E-state index in [9.17, 15) is 4.79 Å². The molecule has 88 valence electrons. The fourth-order valence-electron chi connectivity index (χ4n) is 1.55. The highest BCUT2D eigenvalue weighted by Gasteiger charge is 2.11. The van der Waals surface area contributed by atoms with Gasteiger partial charge in [0.25, 0.3) is 0 Å². The van der Waals surface area contributed by atoms with Crippen molar-refractivity contribution < 1.29 is 4.79 Å². The number of nitrogens with zero attached hydrogens (tertiary/aromatic N) is 2. The number of hydrogen-bond acceptors (Lipinski definition) is 3. The molecule has 0 amide bonds. The Morgan fingerprint density at radius 1 is 1.29 bits per heavy atom. The lowest BCUT2D eigenvalue weighted by molar-refractivity contribution is 0.103. The van der Waals surface area contributed by atoms with Crippen LogP contribution in [0, 0.1) is 0 Å². The third kappa shape index (κ3) is 2.77. The average molecular weight is 246 g/mol. The van der Waals surface area contributed by atoms with E-state index >= 15 is 0 Å². The quantitative estimate of drug-likeness (QED) is 0.614. The molecule has 4 heteroatoms. The molecule has 2 rings (SSSR count). The minimum Gasteiger partial charge on any atom is -0.287 e.